The van der Waals surface area contributed by atoms with Crippen LogP contribution in [0.2, 0.25) is 0 Å². The molecule has 0 saturated heterocycles. The zero-order valence-corrected chi connectivity index (χ0v) is 11.8. The third-order valence-electron chi connectivity index (χ3n) is 3.43. The summed E-state index contributed by atoms with van der Waals surface area (Å²) in [6.45, 7) is 5.31. The van der Waals surface area contributed by atoms with Crippen molar-refractivity contribution in [3.63, 3.8) is 0 Å². The van der Waals surface area contributed by atoms with E-state index in [9.17, 15) is 0 Å². The second kappa shape index (κ2) is 7.05. The van der Waals surface area contributed by atoms with Crippen LogP contribution in [0.5, 0.6) is 0 Å². The van der Waals surface area contributed by atoms with Crippen molar-refractivity contribution in [3.05, 3.63) is 65.5 Å². The Morgan fingerprint density at radius 3 is 2.16 bits per heavy atom. The zero-order valence-electron chi connectivity index (χ0n) is 11.8. The van der Waals surface area contributed by atoms with Crippen molar-refractivity contribution in [1.29, 1.82) is 0 Å². The number of pyridine rings is 1. The van der Waals surface area contributed by atoms with Crippen LogP contribution < -0.4 is 5.32 Å². The van der Waals surface area contributed by atoms with Crippen LogP contribution in [0.25, 0.3) is 0 Å². The minimum atomic E-state index is 0.362. The molecule has 0 bridgehead atoms. The number of hydrogen-bond acceptors (Lipinski definition) is 2. The van der Waals surface area contributed by atoms with E-state index in [0.717, 1.165) is 19.4 Å². The number of benzene rings is 1. The Hall–Kier alpha value is -1.67. The van der Waals surface area contributed by atoms with E-state index in [1.54, 1.807) is 0 Å². The normalized spacial score (nSPS) is 12.3. The van der Waals surface area contributed by atoms with Crippen LogP contribution in [0.15, 0.2) is 48.8 Å². The maximum atomic E-state index is 4.09. The number of rotatable bonds is 6. The zero-order chi connectivity index (χ0) is 13.5. The van der Waals surface area contributed by atoms with Crippen LogP contribution in [0, 0.1) is 0 Å². The number of aromatic nitrogens is 1. The van der Waals surface area contributed by atoms with Gasteiger partial charge in [0.15, 0.2) is 0 Å². The third kappa shape index (κ3) is 3.90. The molecule has 0 spiro atoms. The Morgan fingerprint density at radius 1 is 0.947 bits per heavy atom. The number of likely N-dealkylation sites (N-methyl/N-ethyl adjacent to an activating group) is 1. The third-order valence-corrected chi connectivity index (χ3v) is 3.43. The molecule has 2 nitrogen and oxygen atoms in total. The summed E-state index contributed by atoms with van der Waals surface area (Å²) in [5, 5.41) is 3.55. The fourth-order valence-corrected chi connectivity index (χ4v) is 2.30. The van der Waals surface area contributed by atoms with Crippen molar-refractivity contribution in [2.75, 3.05) is 6.54 Å². The summed E-state index contributed by atoms with van der Waals surface area (Å²) in [6.07, 6.45) is 5.84. The Kier molecular flexibility index (Phi) is 5.10. The average molecular weight is 254 g/mol. The number of nitrogens with zero attached hydrogens (tertiary/aromatic N) is 1. The lowest BCUT2D eigenvalue weighted by Crippen LogP contribution is -2.22. The van der Waals surface area contributed by atoms with Gasteiger partial charge in [-0.15, -0.1) is 0 Å². The first-order valence-electron chi connectivity index (χ1n) is 7.04. The molecule has 0 radical (unpaired) electrons. The van der Waals surface area contributed by atoms with Crippen molar-refractivity contribution in [2.45, 2.75) is 32.7 Å². The first kappa shape index (κ1) is 13.8. The van der Waals surface area contributed by atoms with E-state index in [2.05, 4.69) is 60.5 Å². The van der Waals surface area contributed by atoms with Gasteiger partial charge in [-0.3, -0.25) is 4.98 Å². The van der Waals surface area contributed by atoms with Crippen molar-refractivity contribution in [2.24, 2.45) is 0 Å². The molecule has 100 valence electrons. The highest BCUT2D eigenvalue weighted by molar-refractivity contribution is 5.25. The predicted molar refractivity (Wildman–Crippen MR) is 80.2 cm³/mol. The molecule has 2 rings (SSSR count). The Labute approximate surface area is 115 Å². The molecule has 2 aromatic rings. The maximum absolute atomic E-state index is 4.09. The second-order valence-electron chi connectivity index (χ2n) is 4.76. The van der Waals surface area contributed by atoms with Crippen molar-refractivity contribution in [1.82, 2.24) is 10.3 Å². The SMILES string of the molecule is CCNC(Cc1ccc(CC)cc1)c1ccncc1. The molecule has 1 aromatic heterocycles. The van der Waals surface area contributed by atoms with Gasteiger partial charge in [-0.1, -0.05) is 38.1 Å². The molecule has 0 amide bonds. The lowest BCUT2D eigenvalue weighted by Gasteiger charge is -2.18. The van der Waals surface area contributed by atoms with Crippen molar-refractivity contribution in [3.8, 4) is 0 Å². The molecule has 0 aliphatic heterocycles. The summed E-state index contributed by atoms with van der Waals surface area (Å²) in [5.74, 6) is 0. The van der Waals surface area contributed by atoms with Crippen LogP contribution in [-0.2, 0) is 12.8 Å². The summed E-state index contributed by atoms with van der Waals surface area (Å²) in [4.78, 5) is 4.09. The van der Waals surface area contributed by atoms with Gasteiger partial charge in [-0.25, -0.2) is 0 Å². The molecule has 0 aliphatic rings. The van der Waals surface area contributed by atoms with E-state index < -0.39 is 0 Å². The molecule has 1 N–H and O–H groups in total. The van der Waals surface area contributed by atoms with Crippen LogP contribution in [0.1, 0.15) is 36.6 Å². The van der Waals surface area contributed by atoms with Crippen molar-refractivity contribution < 1.29 is 0 Å². The van der Waals surface area contributed by atoms with Gasteiger partial charge in [0.05, 0.1) is 0 Å². The summed E-state index contributed by atoms with van der Waals surface area (Å²) < 4.78 is 0. The van der Waals surface area contributed by atoms with Gasteiger partial charge in [0.2, 0.25) is 0 Å². The molecule has 0 saturated carbocycles. The maximum Gasteiger partial charge on any atom is 0.0361 e. The lowest BCUT2D eigenvalue weighted by molar-refractivity contribution is 0.549. The monoisotopic (exact) mass is 254 g/mol. The van der Waals surface area contributed by atoms with Crippen molar-refractivity contribution >= 4 is 0 Å². The molecule has 1 aromatic carbocycles. The van der Waals surface area contributed by atoms with Gasteiger partial charge >= 0.3 is 0 Å². The number of nitrogens with one attached hydrogen (secondary N) is 1. The predicted octanol–water partition coefficient (Wildman–Crippen LogP) is 3.54. The molecule has 0 fully saturated rings. The molecular weight excluding hydrogens is 232 g/mol. The van der Waals surface area contributed by atoms with Gasteiger partial charge in [0.25, 0.3) is 0 Å². The summed E-state index contributed by atoms with van der Waals surface area (Å²) in [7, 11) is 0. The van der Waals surface area contributed by atoms with E-state index in [1.165, 1.54) is 16.7 Å². The van der Waals surface area contributed by atoms with Gasteiger partial charge in [-0.05, 0) is 48.2 Å². The molecule has 19 heavy (non-hydrogen) atoms. The minimum absolute atomic E-state index is 0.362. The molecule has 1 atom stereocenters. The van der Waals surface area contributed by atoms with Gasteiger partial charge in [0, 0.05) is 18.4 Å². The Bertz CT molecular complexity index is 476. The van der Waals surface area contributed by atoms with Crippen LogP contribution >= 0.6 is 0 Å². The highest BCUT2D eigenvalue weighted by atomic mass is 14.9. The summed E-state index contributed by atoms with van der Waals surface area (Å²) >= 11 is 0. The largest absolute Gasteiger partial charge is 0.310 e. The van der Waals surface area contributed by atoms with E-state index in [4.69, 9.17) is 0 Å². The number of hydrogen-bond donors (Lipinski definition) is 1. The highest BCUT2D eigenvalue weighted by Crippen LogP contribution is 2.18. The summed E-state index contributed by atoms with van der Waals surface area (Å²) in [6, 6.07) is 13.5. The van der Waals surface area contributed by atoms with Gasteiger partial charge < -0.3 is 5.32 Å². The molecule has 1 unspecified atom stereocenters. The minimum Gasteiger partial charge on any atom is -0.310 e. The Morgan fingerprint density at radius 2 is 1.58 bits per heavy atom. The van der Waals surface area contributed by atoms with Gasteiger partial charge in [0.1, 0.15) is 0 Å². The van der Waals surface area contributed by atoms with Crippen LogP contribution in [-0.4, -0.2) is 11.5 Å². The molecule has 1 heterocycles. The first-order valence-corrected chi connectivity index (χ1v) is 7.04. The molecule has 2 heteroatoms. The quantitative estimate of drug-likeness (QED) is 0.853. The van der Waals surface area contributed by atoms with Gasteiger partial charge in [-0.2, -0.15) is 0 Å². The molecule has 0 aliphatic carbocycles. The Balaban J connectivity index is 2.11. The van der Waals surface area contributed by atoms with Crippen LogP contribution in [0.4, 0.5) is 0 Å². The highest BCUT2D eigenvalue weighted by Gasteiger charge is 2.10. The second-order valence-corrected chi connectivity index (χ2v) is 4.76. The lowest BCUT2D eigenvalue weighted by atomic mass is 9.98. The first-order chi connectivity index (χ1) is 9.33. The van der Waals surface area contributed by atoms with E-state index in [-0.39, 0.29) is 0 Å². The van der Waals surface area contributed by atoms with E-state index in [1.807, 2.05) is 12.4 Å². The fraction of sp³-hybridized carbons (Fsp3) is 0.353. The summed E-state index contributed by atoms with van der Waals surface area (Å²) in [5.41, 5.74) is 4.07. The standard InChI is InChI=1S/C17H22N2/c1-3-14-5-7-15(8-6-14)13-17(19-4-2)16-9-11-18-12-10-16/h5-12,17,19H,3-4,13H2,1-2H3. The smallest absolute Gasteiger partial charge is 0.0361 e. The van der Waals surface area contributed by atoms with E-state index in [0.29, 0.717) is 6.04 Å². The molecular formula is C17H22N2. The van der Waals surface area contributed by atoms with Crippen LogP contribution in [0.3, 0.4) is 0 Å². The topological polar surface area (TPSA) is 24.9 Å². The number of aryl methyl sites for hydroxylation is 1. The van der Waals surface area contributed by atoms with E-state index >= 15 is 0 Å². The fourth-order valence-electron chi connectivity index (χ4n) is 2.30. The average Bonchev–Trinajstić information content (AvgIpc) is 2.48.